The molecule has 1 aliphatic carbocycles. The molecule has 2 aliphatic rings. The first-order valence-electron chi connectivity index (χ1n) is 15.2. The van der Waals surface area contributed by atoms with Gasteiger partial charge >= 0.3 is 6.09 Å². The summed E-state index contributed by atoms with van der Waals surface area (Å²) in [6.07, 6.45) is 3.05. The number of nitrogens with one attached hydrogen (secondary N) is 2. The molecule has 0 spiro atoms. The Kier molecular flexibility index (Phi) is 13.1. The van der Waals surface area contributed by atoms with E-state index < -0.39 is 59.8 Å². The van der Waals surface area contributed by atoms with Crippen LogP contribution in [0.3, 0.4) is 0 Å². The molecule has 5 N–H and O–H groups in total. The molecule has 0 radical (unpaired) electrons. The van der Waals surface area contributed by atoms with Gasteiger partial charge in [0.1, 0.15) is 6.10 Å². The van der Waals surface area contributed by atoms with Gasteiger partial charge in [-0.05, 0) is 50.3 Å². The molecule has 0 saturated heterocycles. The first-order chi connectivity index (χ1) is 22.3. The lowest BCUT2D eigenvalue weighted by atomic mass is 9.85. The standard InChI is InChI=1S/C35H43N3O9/c1-19-15-24-29(38-34(43)23-12-8-7-9-13-23)26(39)18-25(31(24)41)37-33(42)20(2)11-10-14-27(45-5)32(47-35(36)44)22(4)17-21(3)30(40)28(16-19)46-6/h7-14,17-19,21,27-28,30,32,40H,15-16H2,1-6H3,(H2,36,44)(H,37,42)(H,38,43)/b14-10-,20-11+,22-17+/t19?,21?,27-,28?,30?,32?/m0/s1. The molecule has 2 bridgehead atoms. The van der Waals surface area contributed by atoms with Crippen LogP contribution in [0, 0.1) is 11.8 Å². The smallest absolute Gasteiger partial charge is 0.405 e. The first-order valence-corrected chi connectivity index (χ1v) is 15.2. The summed E-state index contributed by atoms with van der Waals surface area (Å²) in [7, 11) is 2.87. The number of Topliss-reactive ketones (excluding diaryl/α,β-unsaturated/α-hetero) is 1. The van der Waals surface area contributed by atoms with Crippen LogP contribution < -0.4 is 16.4 Å². The van der Waals surface area contributed by atoms with E-state index in [4.69, 9.17) is 19.9 Å². The third-order valence-corrected chi connectivity index (χ3v) is 8.07. The van der Waals surface area contributed by atoms with Crippen LogP contribution in [0.25, 0.3) is 0 Å². The molecule has 3 rings (SSSR count). The molecular weight excluding hydrogens is 606 g/mol. The van der Waals surface area contributed by atoms with Crippen LogP contribution in [0.4, 0.5) is 4.79 Å². The number of aliphatic hydroxyl groups is 1. The monoisotopic (exact) mass is 649 g/mol. The fraction of sp³-hybridized carbons (Fsp3) is 0.400. The van der Waals surface area contributed by atoms with Crippen molar-refractivity contribution in [3.63, 3.8) is 0 Å². The molecule has 6 atom stereocenters. The number of allylic oxidation sites excluding steroid dienone is 4. The maximum absolute atomic E-state index is 13.8. The molecule has 1 heterocycles. The minimum atomic E-state index is -1.03. The number of carbonyl (C=O) groups excluding carboxylic acids is 5. The number of ketones is 2. The van der Waals surface area contributed by atoms with Gasteiger partial charge in [-0.25, -0.2) is 4.79 Å². The number of aliphatic hydroxyl groups excluding tert-OH is 1. The van der Waals surface area contributed by atoms with Crippen molar-refractivity contribution >= 4 is 29.5 Å². The largest absolute Gasteiger partial charge is 0.439 e. The van der Waals surface area contributed by atoms with Crippen molar-refractivity contribution in [1.82, 2.24) is 10.6 Å². The van der Waals surface area contributed by atoms with Crippen LogP contribution in [-0.4, -0.2) is 73.2 Å². The fourth-order valence-electron chi connectivity index (χ4n) is 5.50. The highest BCUT2D eigenvalue weighted by Gasteiger charge is 2.34. The number of amides is 3. The molecule has 12 heteroatoms. The van der Waals surface area contributed by atoms with Gasteiger partial charge < -0.3 is 35.7 Å². The highest BCUT2D eigenvalue weighted by Crippen LogP contribution is 2.29. The summed E-state index contributed by atoms with van der Waals surface area (Å²) in [4.78, 5) is 65.1. The van der Waals surface area contributed by atoms with Crippen LogP contribution in [0.2, 0.25) is 0 Å². The Bertz CT molecular complexity index is 1520. The number of rotatable bonds is 5. The van der Waals surface area contributed by atoms with Crippen molar-refractivity contribution in [2.24, 2.45) is 17.6 Å². The molecule has 252 valence electrons. The van der Waals surface area contributed by atoms with Crippen LogP contribution in [-0.2, 0) is 28.6 Å². The van der Waals surface area contributed by atoms with E-state index in [9.17, 15) is 29.1 Å². The van der Waals surface area contributed by atoms with Crippen molar-refractivity contribution in [2.75, 3.05) is 14.2 Å². The second-order valence-electron chi connectivity index (χ2n) is 11.8. The minimum absolute atomic E-state index is 0.0199. The van der Waals surface area contributed by atoms with Crippen molar-refractivity contribution < 1.29 is 43.3 Å². The fourth-order valence-corrected chi connectivity index (χ4v) is 5.50. The van der Waals surface area contributed by atoms with E-state index in [0.29, 0.717) is 11.1 Å². The number of hydrogen-bond acceptors (Lipinski definition) is 9. The van der Waals surface area contributed by atoms with Gasteiger partial charge in [0.25, 0.3) is 11.8 Å². The zero-order valence-electron chi connectivity index (χ0n) is 27.4. The summed E-state index contributed by atoms with van der Waals surface area (Å²) < 4.78 is 16.6. The number of fused-ring (bicyclic) bond motifs is 2. The lowest BCUT2D eigenvalue weighted by Crippen LogP contribution is -2.38. The number of methoxy groups -OCH3 is 2. The molecule has 1 aliphatic heterocycles. The van der Waals surface area contributed by atoms with Crippen LogP contribution >= 0.6 is 0 Å². The number of ether oxygens (including phenoxy) is 3. The zero-order chi connectivity index (χ0) is 34.8. The van der Waals surface area contributed by atoms with Gasteiger partial charge in [0.15, 0.2) is 6.10 Å². The lowest BCUT2D eigenvalue weighted by molar-refractivity contribution is -0.120. The first kappa shape index (κ1) is 36.8. The summed E-state index contributed by atoms with van der Waals surface area (Å²) in [5, 5.41) is 16.4. The number of primary amides is 1. The van der Waals surface area contributed by atoms with Gasteiger partial charge in [-0.2, -0.15) is 0 Å². The molecule has 0 aromatic heterocycles. The Morgan fingerprint density at radius 3 is 2.34 bits per heavy atom. The van der Waals surface area contributed by atoms with E-state index in [0.717, 1.165) is 6.08 Å². The molecular formula is C35H43N3O9. The molecule has 1 aromatic carbocycles. The van der Waals surface area contributed by atoms with Crippen LogP contribution in [0.5, 0.6) is 0 Å². The Morgan fingerprint density at radius 2 is 1.72 bits per heavy atom. The summed E-state index contributed by atoms with van der Waals surface area (Å²) in [6.45, 7) is 6.83. The number of nitrogens with two attached hydrogens (primary N) is 1. The topological polar surface area (TPSA) is 183 Å². The normalized spacial score (nSPS) is 29.4. The van der Waals surface area contributed by atoms with Gasteiger partial charge in [0.2, 0.25) is 11.6 Å². The van der Waals surface area contributed by atoms with Gasteiger partial charge in [-0.3, -0.25) is 19.2 Å². The Labute approximate surface area is 274 Å². The Morgan fingerprint density at radius 1 is 1.04 bits per heavy atom. The van der Waals surface area contributed by atoms with E-state index >= 15 is 0 Å². The summed E-state index contributed by atoms with van der Waals surface area (Å²) >= 11 is 0. The molecule has 12 nitrogen and oxygen atoms in total. The lowest BCUT2D eigenvalue weighted by Gasteiger charge is -2.30. The molecule has 3 amide bonds. The van der Waals surface area contributed by atoms with Crippen LogP contribution in [0.15, 0.2) is 88.8 Å². The Balaban J connectivity index is 2.09. The second-order valence-corrected chi connectivity index (χ2v) is 11.8. The van der Waals surface area contributed by atoms with Gasteiger partial charge in [-0.15, -0.1) is 0 Å². The van der Waals surface area contributed by atoms with E-state index in [1.54, 1.807) is 56.3 Å². The maximum atomic E-state index is 13.8. The van der Waals surface area contributed by atoms with Crippen molar-refractivity contribution in [3.05, 3.63) is 94.4 Å². The van der Waals surface area contributed by atoms with E-state index in [1.165, 1.54) is 33.3 Å². The maximum Gasteiger partial charge on any atom is 0.405 e. The van der Waals surface area contributed by atoms with Crippen molar-refractivity contribution in [2.45, 2.75) is 65.0 Å². The van der Waals surface area contributed by atoms with E-state index in [1.807, 2.05) is 6.92 Å². The summed E-state index contributed by atoms with van der Waals surface area (Å²) in [5.74, 6) is -3.32. The number of hydrogen-bond donors (Lipinski definition) is 4. The number of carbonyl (C=O) groups is 5. The molecule has 0 fully saturated rings. The van der Waals surface area contributed by atoms with Gasteiger partial charge in [0.05, 0.1) is 23.6 Å². The Hall–Kier alpha value is -4.65. The van der Waals surface area contributed by atoms with Crippen molar-refractivity contribution in [1.29, 1.82) is 0 Å². The SMILES string of the molecule is COC1CC(C)CC2=C(NC(=O)c3ccccc3)C(=O)C=C(NC(=O)/C(C)=C/C=C\[C@H](OC)C(OC(N)=O)/C(C)=C/C(C)C1O)C2=O. The predicted octanol–water partition coefficient (Wildman–Crippen LogP) is 3.19. The quantitative estimate of drug-likeness (QED) is 0.275. The minimum Gasteiger partial charge on any atom is -0.439 e. The molecule has 5 unspecified atom stereocenters. The van der Waals surface area contributed by atoms with Gasteiger partial charge in [-0.1, -0.05) is 56.4 Å². The van der Waals surface area contributed by atoms with Crippen LogP contribution in [0.1, 0.15) is 50.9 Å². The summed E-state index contributed by atoms with van der Waals surface area (Å²) in [5.41, 5.74) is 5.99. The predicted molar refractivity (Wildman–Crippen MR) is 173 cm³/mol. The molecule has 1 aromatic rings. The summed E-state index contributed by atoms with van der Waals surface area (Å²) in [6, 6.07) is 8.25. The highest BCUT2D eigenvalue weighted by molar-refractivity contribution is 6.24. The highest BCUT2D eigenvalue weighted by atomic mass is 16.6. The zero-order valence-corrected chi connectivity index (χ0v) is 27.4. The average Bonchev–Trinajstić information content (AvgIpc) is 3.04. The second kappa shape index (κ2) is 16.8. The molecule has 0 saturated carbocycles. The van der Waals surface area contributed by atoms with Crippen molar-refractivity contribution in [3.8, 4) is 0 Å². The third-order valence-electron chi connectivity index (χ3n) is 8.07. The molecule has 47 heavy (non-hydrogen) atoms. The number of benzene rings is 1. The third kappa shape index (κ3) is 9.67. The average molecular weight is 650 g/mol. The van der Waals surface area contributed by atoms with E-state index in [2.05, 4.69) is 10.6 Å². The van der Waals surface area contributed by atoms with E-state index in [-0.39, 0.29) is 41.3 Å². The van der Waals surface area contributed by atoms with Gasteiger partial charge in [0, 0.05) is 42.9 Å².